The van der Waals surface area contributed by atoms with Crippen molar-refractivity contribution in [1.29, 1.82) is 0 Å². The highest BCUT2D eigenvalue weighted by molar-refractivity contribution is 7.10. The van der Waals surface area contributed by atoms with Crippen LogP contribution in [0.25, 0.3) is 0 Å². The van der Waals surface area contributed by atoms with E-state index in [1.54, 1.807) is 0 Å². The van der Waals surface area contributed by atoms with Gasteiger partial charge in [-0.3, -0.25) is 0 Å². The first-order valence-corrected chi connectivity index (χ1v) is 8.10. The minimum Gasteiger partial charge on any atom is -0.307 e. The van der Waals surface area contributed by atoms with Gasteiger partial charge in [-0.25, -0.2) is 0 Å². The zero-order chi connectivity index (χ0) is 13.0. The fourth-order valence-corrected chi connectivity index (χ4v) is 3.66. The average Bonchev–Trinajstić information content (AvgIpc) is 2.92. The molecule has 1 aromatic heterocycles. The van der Waals surface area contributed by atoms with Gasteiger partial charge in [-0.2, -0.15) is 0 Å². The van der Waals surface area contributed by atoms with Crippen molar-refractivity contribution in [1.82, 2.24) is 10.2 Å². The Kier molecular flexibility index (Phi) is 5.22. The van der Waals surface area contributed by atoms with Gasteiger partial charge in [-0.1, -0.05) is 13.0 Å². The molecule has 0 saturated carbocycles. The number of nitrogens with zero attached hydrogens (tertiary/aromatic N) is 1. The third-order valence-corrected chi connectivity index (χ3v) is 5.32. The summed E-state index contributed by atoms with van der Waals surface area (Å²) in [6.07, 6.45) is 2.69. The fraction of sp³-hybridized carbons (Fsp3) is 0.733. The van der Waals surface area contributed by atoms with Crippen LogP contribution in [0, 0.1) is 5.92 Å². The van der Waals surface area contributed by atoms with Gasteiger partial charge >= 0.3 is 0 Å². The quantitative estimate of drug-likeness (QED) is 0.877. The minimum absolute atomic E-state index is 0.490. The first kappa shape index (κ1) is 14.0. The summed E-state index contributed by atoms with van der Waals surface area (Å²) in [6, 6.07) is 5.49. The van der Waals surface area contributed by atoms with Crippen LogP contribution in [0.2, 0.25) is 0 Å². The average molecular weight is 266 g/mol. The maximum absolute atomic E-state index is 3.78. The van der Waals surface area contributed by atoms with Gasteiger partial charge in [0.15, 0.2) is 0 Å². The standard InChI is InChI=1S/C15H26N2S/c1-4-17-9-7-14(8-10-17)12(2)16-13(3)15-6-5-11-18-15/h5-6,11-14,16H,4,7-10H2,1-3H3/t12?,13-/m1/s1. The summed E-state index contributed by atoms with van der Waals surface area (Å²) in [6.45, 7) is 10.7. The molecule has 1 aromatic rings. The molecule has 2 atom stereocenters. The lowest BCUT2D eigenvalue weighted by Gasteiger charge is -2.35. The van der Waals surface area contributed by atoms with Crippen LogP contribution in [0.15, 0.2) is 17.5 Å². The van der Waals surface area contributed by atoms with E-state index in [-0.39, 0.29) is 0 Å². The molecule has 2 rings (SSSR count). The van der Waals surface area contributed by atoms with Crippen LogP contribution in [-0.2, 0) is 0 Å². The number of piperidine rings is 1. The Morgan fingerprint density at radius 2 is 2.11 bits per heavy atom. The number of hydrogen-bond donors (Lipinski definition) is 1. The number of nitrogens with one attached hydrogen (secondary N) is 1. The van der Waals surface area contributed by atoms with E-state index < -0.39 is 0 Å². The van der Waals surface area contributed by atoms with E-state index in [0.717, 1.165) is 5.92 Å². The Labute approximate surface area is 115 Å². The van der Waals surface area contributed by atoms with E-state index in [2.05, 4.69) is 48.5 Å². The predicted molar refractivity (Wildman–Crippen MR) is 80.2 cm³/mol. The van der Waals surface area contributed by atoms with Crippen molar-refractivity contribution >= 4 is 11.3 Å². The van der Waals surface area contributed by atoms with Crippen molar-refractivity contribution in [3.63, 3.8) is 0 Å². The molecule has 0 bridgehead atoms. The van der Waals surface area contributed by atoms with Crippen molar-refractivity contribution in [2.45, 2.75) is 45.7 Å². The van der Waals surface area contributed by atoms with Crippen LogP contribution in [0.4, 0.5) is 0 Å². The van der Waals surface area contributed by atoms with Crippen LogP contribution in [0.5, 0.6) is 0 Å². The molecule has 1 saturated heterocycles. The summed E-state index contributed by atoms with van der Waals surface area (Å²) in [5.41, 5.74) is 0. The number of rotatable bonds is 5. The van der Waals surface area contributed by atoms with Gasteiger partial charge in [-0.05, 0) is 63.7 Å². The van der Waals surface area contributed by atoms with Gasteiger partial charge in [0.2, 0.25) is 0 Å². The van der Waals surface area contributed by atoms with Crippen molar-refractivity contribution in [3.8, 4) is 0 Å². The molecule has 1 N–H and O–H groups in total. The van der Waals surface area contributed by atoms with Gasteiger partial charge in [-0.15, -0.1) is 11.3 Å². The molecule has 0 radical (unpaired) electrons. The van der Waals surface area contributed by atoms with E-state index in [9.17, 15) is 0 Å². The number of likely N-dealkylation sites (tertiary alicyclic amines) is 1. The lowest BCUT2D eigenvalue weighted by Crippen LogP contribution is -2.42. The van der Waals surface area contributed by atoms with Crippen LogP contribution in [0.3, 0.4) is 0 Å². The third kappa shape index (κ3) is 3.56. The van der Waals surface area contributed by atoms with Crippen molar-refractivity contribution in [2.75, 3.05) is 19.6 Å². The fourth-order valence-electron chi connectivity index (χ4n) is 2.92. The molecule has 1 aliphatic heterocycles. The molecule has 18 heavy (non-hydrogen) atoms. The molecule has 3 heteroatoms. The zero-order valence-corrected chi connectivity index (χ0v) is 12.7. The molecule has 2 nitrogen and oxygen atoms in total. The largest absolute Gasteiger partial charge is 0.307 e. The first-order chi connectivity index (χ1) is 8.70. The second kappa shape index (κ2) is 6.69. The monoisotopic (exact) mass is 266 g/mol. The summed E-state index contributed by atoms with van der Waals surface area (Å²) < 4.78 is 0. The van der Waals surface area contributed by atoms with Crippen LogP contribution in [0.1, 0.15) is 44.5 Å². The van der Waals surface area contributed by atoms with Crippen LogP contribution >= 0.6 is 11.3 Å². The predicted octanol–water partition coefficient (Wildman–Crippen LogP) is 3.52. The highest BCUT2D eigenvalue weighted by Gasteiger charge is 2.24. The Bertz CT molecular complexity index is 328. The van der Waals surface area contributed by atoms with Gasteiger partial charge in [0.05, 0.1) is 0 Å². The number of hydrogen-bond acceptors (Lipinski definition) is 3. The Morgan fingerprint density at radius 1 is 1.39 bits per heavy atom. The molecule has 0 aliphatic carbocycles. The smallest absolute Gasteiger partial charge is 0.0388 e. The lowest BCUT2D eigenvalue weighted by atomic mass is 9.90. The van der Waals surface area contributed by atoms with E-state index >= 15 is 0 Å². The van der Waals surface area contributed by atoms with Crippen LogP contribution < -0.4 is 5.32 Å². The van der Waals surface area contributed by atoms with E-state index in [1.807, 2.05) is 11.3 Å². The molecular formula is C15H26N2S. The summed E-state index contributed by atoms with van der Waals surface area (Å²) >= 11 is 1.85. The normalized spacial score (nSPS) is 21.9. The molecular weight excluding hydrogens is 240 g/mol. The summed E-state index contributed by atoms with van der Waals surface area (Å²) in [5.74, 6) is 0.843. The molecule has 2 heterocycles. The first-order valence-electron chi connectivity index (χ1n) is 7.22. The van der Waals surface area contributed by atoms with Gasteiger partial charge in [0.25, 0.3) is 0 Å². The Balaban J connectivity index is 1.80. The lowest BCUT2D eigenvalue weighted by molar-refractivity contribution is 0.165. The van der Waals surface area contributed by atoms with Gasteiger partial charge < -0.3 is 10.2 Å². The van der Waals surface area contributed by atoms with E-state index in [4.69, 9.17) is 0 Å². The van der Waals surface area contributed by atoms with Gasteiger partial charge in [0.1, 0.15) is 0 Å². The topological polar surface area (TPSA) is 15.3 Å². The minimum atomic E-state index is 0.490. The molecule has 0 aromatic carbocycles. The summed E-state index contributed by atoms with van der Waals surface area (Å²) in [5, 5.41) is 5.94. The summed E-state index contributed by atoms with van der Waals surface area (Å²) in [4.78, 5) is 4.01. The summed E-state index contributed by atoms with van der Waals surface area (Å²) in [7, 11) is 0. The molecule has 0 amide bonds. The van der Waals surface area contributed by atoms with E-state index in [1.165, 1.54) is 37.4 Å². The SMILES string of the molecule is CCN1CCC(C(C)N[C@H](C)c2cccs2)CC1. The van der Waals surface area contributed by atoms with Crippen molar-refractivity contribution < 1.29 is 0 Å². The second-order valence-electron chi connectivity index (χ2n) is 5.46. The molecule has 1 aliphatic rings. The second-order valence-corrected chi connectivity index (χ2v) is 6.44. The van der Waals surface area contributed by atoms with E-state index in [0.29, 0.717) is 12.1 Å². The van der Waals surface area contributed by atoms with Crippen LogP contribution in [-0.4, -0.2) is 30.6 Å². The zero-order valence-electron chi connectivity index (χ0n) is 11.9. The van der Waals surface area contributed by atoms with Crippen molar-refractivity contribution in [2.24, 2.45) is 5.92 Å². The molecule has 102 valence electrons. The highest BCUT2D eigenvalue weighted by Crippen LogP contribution is 2.24. The maximum Gasteiger partial charge on any atom is 0.0388 e. The van der Waals surface area contributed by atoms with Crippen molar-refractivity contribution in [3.05, 3.63) is 22.4 Å². The number of thiophene rings is 1. The highest BCUT2D eigenvalue weighted by atomic mass is 32.1. The van der Waals surface area contributed by atoms with Gasteiger partial charge in [0, 0.05) is 17.0 Å². The molecule has 1 unspecified atom stereocenters. The molecule has 1 fully saturated rings. The third-order valence-electron chi connectivity index (χ3n) is 4.27. The molecule has 0 spiro atoms. The maximum atomic E-state index is 3.78. The Morgan fingerprint density at radius 3 is 2.67 bits per heavy atom. The Hall–Kier alpha value is -0.380.